The van der Waals surface area contributed by atoms with E-state index in [-0.39, 0.29) is 17.9 Å². The Morgan fingerprint density at radius 3 is 2.00 bits per heavy atom. The van der Waals surface area contributed by atoms with Crippen molar-refractivity contribution in [3.05, 3.63) is 0 Å². The van der Waals surface area contributed by atoms with Crippen LogP contribution in [0.1, 0.15) is 32.6 Å². The Morgan fingerprint density at radius 2 is 1.82 bits per heavy atom. The van der Waals surface area contributed by atoms with Gasteiger partial charge in [0.1, 0.15) is 0 Å². The van der Waals surface area contributed by atoms with Crippen molar-refractivity contribution in [3.8, 4) is 0 Å². The van der Waals surface area contributed by atoms with Gasteiger partial charge in [-0.15, -0.1) is 12.4 Å². The number of nitrogens with one attached hydrogen (secondary N) is 1. The molecule has 66 valence electrons. The summed E-state index contributed by atoms with van der Waals surface area (Å²) in [6.07, 6.45) is 4.82. The summed E-state index contributed by atoms with van der Waals surface area (Å²) in [4.78, 5) is 0. The van der Waals surface area contributed by atoms with E-state index in [0.29, 0.717) is 12.1 Å². The maximum Gasteiger partial charge on any atom is 0.0613 e. The molecule has 0 aromatic carbocycles. The number of halogens is 1. The molecule has 0 radical (unpaired) electrons. The fourth-order valence-electron chi connectivity index (χ4n) is 2.37. The zero-order valence-corrected chi connectivity index (χ0v) is 7.71. The normalized spacial score (nSPS) is 47.5. The molecule has 2 heterocycles. The molecule has 2 aliphatic rings. The summed E-state index contributed by atoms with van der Waals surface area (Å²) >= 11 is 0. The van der Waals surface area contributed by atoms with Gasteiger partial charge >= 0.3 is 0 Å². The average molecular weight is 178 g/mol. The molecule has 0 spiro atoms. The predicted octanol–water partition coefficient (Wildman–Crippen LogP) is 1.08. The third-order valence-electron chi connectivity index (χ3n) is 3.18. The third kappa shape index (κ3) is 1.28. The van der Waals surface area contributed by atoms with E-state index < -0.39 is 0 Å². The van der Waals surface area contributed by atoms with Crippen LogP contribution in [0.5, 0.6) is 0 Å². The van der Waals surface area contributed by atoms with Crippen molar-refractivity contribution >= 4 is 12.4 Å². The Morgan fingerprint density at radius 1 is 1.27 bits per heavy atom. The largest absolute Gasteiger partial charge is 0.394 e. The lowest BCUT2D eigenvalue weighted by Crippen LogP contribution is -2.43. The highest BCUT2D eigenvalue weighted by Crippen LogP contribution is 2.43. The molecule has 0 aromatic rings. The molecule has 11 heavy (non-hydrogen) atoms. The second-order valence-electron chi connectivity index (χ2n) is 4.12. The third-order valence-corrected chi connectivity index (χ3v) is 3.18. The second-order valence-corrected chi connectivity index (χ2v) is 4.12. The maximum absolute atomic E-state index is 9.10. The van der Waals surface area contributed by atoms with Gasteiger partial charge in [0, 0.05) is 11.1 Å². The molecule has 0 amide bonds. The van der Waals surface area contributed by atoms with Gasteiger partial charge in [-0.2, -0.15) is 0 Å². The number of hydrogen-bond donors (Lipinski definition) is 2. The Balaban J connectivity index is 0.000000605. The minimum absolute atomic E-state index is 0. The summed E-state index contributed by atoms with van der Waals surface area (Å²) in [5.41, 5.74) is 0.484. The van der Waals surface area contributed by atoms with E-state index in [1.807, 2.05) is 0 Å². The lowest BCUT2D eigenvalue weighted by Gasteiger charge is -2.22. The van der Waals surface area contributed by atoms with Gasteiger partial charge in [-0.1, -0.05) is 0 Å². The van der Waals surface area contributed by atoms with E-state index >= 15 is 0 Å². The van der Waals surface area contributed by atoms with Crippen LogP contribution >= 0.6 is 12.4 Å². The molecule has 2 saturated heterocycles. The molecule has 2 nitrogen and oxygen atoms in total. The number of fused-ring (bicyclic) bond motifs is 2. The summed E-state index contributed by atoms with van der Waals surface area (Å²) < 4.78 is 0. The van der Waals surface area contributed by atoms with Crippen LogP contribution in [0.4, 0.5) is 0 Å². The summed E-state index contributed by atoms with van der Waals surface area (Å²) in [6.45, 7) is 2.58. The van der Waals surface area contributed by atoms with Crippen LogP contribution in [0.15, 0.2) is 0 Å². The van der Waals surface area contributed by atoms with Gasteiger partial charge in [0.05, 0.1) is 6.61 Å². The Hall–Kier alpha value is 0.210. The van der Waals surface area contributed by atoms with E-state index in [0.717, 1.165) is 0 Å². The van der Waals surface area contributed by atoms with Gasteiger partial charge in [-0.05, 0) is 32.6 Å². The van der Waals surface area contributed by atoms with Crippen molar-refractivity contribution in [1.82, 2.24) is 5.32 Å². The van der Waals surface area contributed by atoms with Crippen LogP contribution in [-0.4, -0.2) is 22.8 Å². The molecule has 2 aliphatic heterocycles. The number of aliphatic hydroxyl groups is 1. The zero-order valence-electron chi connectivity index (χ0n) is 6.89. The van der Waals surface area contributed by atoms with E-state index in [2.05, 4.69) is 12.2 Å². The number of rotatable bonds is 1. The molecule has 0 saturated carbocycles. The molecule has 0 aliphatic carbocycles. The fourth-order valence-corrected chi connectivity index (χ4v) is 2.37. The van der Waals surface area contributed by atoms with Gasteiger partial charge in [0.25, 0.3) is 0 Å². The van der Waals surface area contributed by atoms with E-state index in [1.54, 1.807) is 0 Å². The maximum atomic E-state index is 9.10. The molecule has 2 N–H and O–H groups in total. The molecule has 2 rings (SSSR count). The van der Waals surface area contributed by atoms with Crippen LogP contribution in [-0.2, 0) is 0 Å². The van der Waals surface area contributed by atoms with Crippen molar-refractivity contribution in [2.24, 2.45) is 0 Å². The number of aliphatic hydroxyl groups excluding tert-OH is 1. The van der Waals surface area contributed by atoms with E-state index in [1.165, 1.54) is 25.7 Å². The van der Waals surface area contributed by atoms with Crippen molar-refractivity contribution in [3.63, 3.8) is 0 Å². The first kappa shape index (κ1) is 9.30. The quantitative estimate of drug-likeness (QED) is 0.628. The SMILES string of the molecule is CC12CCC(CO)(CC1)N2.Cl. The van der Waals surface area contributed by atoms with E-state index in [4.69, 9.17) is 5.11 Å². The Bertz CT molecular complexity index is 152. The fraction of sp³-hybridized carbons (Fsp3) is 1.00. The van der Waals surface area contributed by atoms with Crippen LogP contribution in [0.25, 0.3) is 0 Å². The predicted molar refractivity (Wildman–Crippen MR) is 47.1 cm³/mol. The number of hydrogen-bond acceptors (Lipinski definition) is 2. The Kier molecular flexibility index (Phi) is 2.21. The van der Waals surface area contributed by atoms with Gasteiger partial charge in [-0.25, -0.2) is 0 Å². The second kappa shape index (κ2) is 2.61. The molecule has 3 heteroatoms. The molecular weight excluding hydrogens is 162 g/mol. The Labute approximate surface area is 73.8 Å². The summed E-state index contributed by atoms with van der Waals surface area (Å²) in [5.74, 6) is 0. The van der Waals surface area contributed by atoms with Crippen molar-refractivity contribution in [2.45, 2.75) is 43.7 Å². The first-order chi connectivity index (χ1) is 4.68. The monoisotopic (exact) mass is 177 g/mol. The van der Waals surface area contributed by atoms with Crippen molar-refractivity contribution in [1.29, 1.82) is 0 Å². The molecular formula is C8H16ClNO. The van der Waals surface area contributed by atoms with E-state index in [9.17, 15) is 0 Å². The highest BCUT2D eigenvalue weighted by Gasteiger charge is 2.50. The minimum Gasteiger partial charge on any atom is -0.394 e. The molecule has 2 fully saturated rings. The van der Waals surface area contributed by atoms with Crippen LogP contribution in [0.3, 0.4) is 0 Å². The summed E-state index contributed by atoms with van der Waals surface area (Å²) in [7, 11) is 0. The first-order valence-electron chi connectivity index (χ1n) is 4.08. The van der Waals surface area contributed by atoms with Crippen LogP contribution < -0.4 is 5.32 Å². The van der Waals surface area contributed by atoms with Crippen molar-refractivity contribution in [2.75, 3.05) is 6.61 Å². The molecule has 0 aromatic heterocycles. The minimum atomic E-state index is 0. The van der Waals surface area contributed by atoms with Gasteiger partial charge in [0.15, 0.2) is 0 Å². The van der Waals surface area contributed by atoms with Crippen LogP contribution in [0, 0.1) is 0 Å². The summed E-state index contributed by atoms with van der Waals surface area (Å²) in [6, 6.07) is 0. The highest BCUT2D eigenvalue weighted by molar-refractivity contribution is 5.85. The van der Waals surface area contributed by atoms with Gasteiger partial charge in [-0.3, -0.25) is 0 Å². The van der Waals surface area contributed by atoms with Gasteiger partial charge in [0.2, 0.25) is 0 Å². The topological polar surface area (TPSA) is 32.3 Å². The standard InChI is InChI=1S/C8H15NO.ClH/c1-7-2-4-8(6-10,9-7)5-3-7;/h9-10H,2-6H2,1H3;1H. The van der Waals surface area contributed by atoms with Crippen LogP contribution in [0.2, 0.25) is 0 Å². The first-order valence-corrected chi connectivity index (χ1v) is 4.08. The highest BCUT2D eigenvalue weighted by atomic mass is 35.5. The average Bonchev–Trinajstić information content (AvgIpc) is 2.42. The summed E-state index contributed by atoms with van der Waals surface area (Å²) in [5, 5.41) is 12.6. The van der Waals surface area contributed by atoms with Crippen molar-refractivity contribution < 1.29 is 5.11 Å². The van der Waals surface area contributed by atoms with Gasteiger partial charge < -0.3 is 10.4 Å². The molecule has 2 bridgehead atoms. The lowest BCUT2D eigenvalue weighted by molar-refractivity contribution is 0.182. The zero-order chi connectivity index (χ0) is 7.24. The smallest absolute Gasteiger partial charge is 0.0613 e. The molecule has 0 unspecified atom stereocenters. The lowest BCUT2D eigenvalue weighted by atomic mass is 9.83. The molecule has 0 atom stereocenters.